The largest absolute Gasteiger partial charge is 0.463 e. The van der Waals surface area contributed by atoms with E-state index in [2.05, 4.69) is 19.9 Å². The zero-order valence-corrected chi connectivity index (χ0v) is 16.8. The monoisotopic (exact) mass is 358 g/mol. The van der Waals surface area contributed by atoms with Crippen LogP contribution in [-0.2, 0) is 14.3 Å². The van der Waals surface area contributed by atoms with E-state index in [-0.39, 0.29) is 23.3 Å². The molecular formula is C23H34O3. The van der Waals surface area contributed by atoms with Crippen LogP contribution >= 0.6 is 0 Å². The van der Waals surface area contributed by atoms with E-state index in [1.165, 1.54) is 39.0 Å². The molecular weight excluding hydrogens is 324 g/mol. The van der Waals surface area contributed by atoms with E-state index in [9.17, 15) is 9.59 Å². The molecule has 0 spiro atoms. The summed E-state index contributed by atoms with van der Waals surface area (Å²) in [7, 11) is 0. The Kier molecular flexibility index (Phi) is 4.36. The molecule has 0 aliphatic heterocycles. The van der Waals surface area contributed by atoms with Gasteiger partial charge in [0, 0.05) is 6.92 Å². The summed E-state index contributed by atoms with van der Waals surface area (Å²) in [5, 5.41) is 0. The smallest absolute Gasteiger partial charge is 0.302 e. The van der Waals surface area contributed by atoms with Crippen molar-refractivity contribution in [2.45, 2.75) is 85.2 Å². The third-order valence-corrected chi connectivity index (χ3v) is 8.91. The summed E-state index contributed by atoms with van der Waals surface area (Å²) in [5.74, 6) is 3.03. The van der Waals surface area contributed by atoms with Gasteiger partial charge in [0.05, 0.1) is 0 Å². The van der Waals surface area contributed by atoms with Gasteiger partial charge in [-0.2, -0.15) is 0 Å². The van der Waals surface area contributed by atoms with E-state index in [4.69, 9.17) is 4.74 Å². The van der Waals surface area contributed by atoms with Crippen LogP contribution in [0.5, 0.6) is 0 Å². The zero-order chi connectivity index (χ0) is 18.7. The van der Waals surface area contributed by atoms with E-state index in [1.54, 1.807) is 6.92 Å². The molecule has 144 valence electrons. The SMILES string of the molecule is CC(=O)O[C@@H]1CC[C@@]2(C)[C@@H](CC[C@@H]3[C@H]2CC[C@]2(C)C(C(C)=O)=CC[C@H]32)C1. The van der Waals surface area contributed by atoms with Crippen LogP contribution in [0.4, 0.5) is 0 Å². The fourth-order valence-electron chi connectivity index (χ4n) is 7.67. The maximum atomic E-state index is 12.2. The van der Waals surface area contributed by atoms with Gasteiger partial charge in [-0.05, 0) is 98.4 Å². The van der Waals surface area contributed by atoms with E-state index in [0.29, 0.717) is 17.3 Å². The number of carbonyl (C=O) groups excluding carboxylic acids is 2. The minimum atomic E-state index is -0.130. The number of fused-ring (bicyclic) bond motifs is 5. The minimum absolute atomic E-state index is 0.116. The highest BCUT2D eigenvalue weighted by atomic mass is 16.5. The van der Waals surface area contributed by atoms with Gasteiger partial charge in [-0.15, -0.1) is 0 Å². The van der Waals surface area contributed by atoms with Gasteiger partial charge < -0.3 is 4.74 Å². The van der Waals surface area contributed by atoms with Gasteiger partial charge in [0.25, 0.3) is 0 Å². The number of ketones is 1. The van der Waals surface area contributed by atoms with Crippen molar-refractivity contribution in [2.24, 2.45) is 34.5 Å². The molecule has 3 heteroatoms. The molecule has 0 aromatic carbocycles. The highest BCUT2D eigenvalue weighted by Crippen LogP contribution is 2.66. The summed E-state index contributed by atoms with van der Waals surface area (Å²) in [6, 6.07) is 0. The molecule has 4 rings (SSSR count). The molecule has 4 aliphatic carbocycles. The van der Waals surface area contributed by atoms with E-state index >= 15 is 0 Å². The van der Waals surface area contributed by atoms with Crippen molar-refractivity contribution in [2.75, 3.05) is 0 Å². The van der Waals surface area contributed by atoms with E-state index in [1.807, 2.05) is 0 Å². The average molecular weight is 359 g/mol. The van der Waals surface area contributed by atoms with Crippen molar-refractivity contribution in [3.05, 3.63) is 11.6 Å². The second-order valence-electron chi connectivity index (χ2n) is 10.0. The Bertz CT molecular complexity index is 650. The van der Waals surface area contributed by atoms with Crippen molar-refractivity contribution in [1.82, 2.24) is 0 Å². The number of ether oxygens (including phenoxy) is 1. The molecule has 7 atom stereocenters. The molecule has 0 amide bonds. The number of allylic oxidation sites excluding steroid dienone is 2. The highest BCUT2D eigenvalue weighted by molar-refractivity contribution is 5.95. The molecule has 0 bridgehead atoms. The van der Waals surface area contributed by atoms with Crippen molar-refractivity contribution in [3.63, 3.8) is 0 Å². The highest BCUT2D eigenvalue weighted by Gasteiger charge is 2.59. The van der Waals surface area contributed by atoms with Gasteiger partial charge in [-0.25, -0.2) is 0 Å². The quantitative estimate of drug-likeness (QED) is 0.646. The summed E-state index contributed by atoms with van der Waals surface area (Å²) in [6.45, 7) is 8.17. The normalized spacial score (nSPS) is 47.2. The van der Waals surface area contributed by atoms with Crippen LogP contribution in [0.1, 0.15) is 79.1 Å². The standard InChI is InChI=1S/C23H34O3/c1-14(24)19-7-8-20-18-6-5-16-13-17(26-15(2)25)9-11-22(16,3)21(18)10-12-23(19,20)4/h7,16-18,20-21H,5-6,8-13H2,1-4H3/t16-,17+,18-,20+,21+,22-,23+/m0/s1. The number of Topliss-reactive ketones (excluding diaryl/α,β-unsaturated/α-hetero) is 1. The number of hydrogen-bond acceptors (Lipinski definition) is 3. The Labute approximate surface area is 157 Å². The summed E-state index contributed by atoms with van der Waals surface area (Å²) in [4.78, 5) is 23.5. The van der Waals surface area contributed by atoms with Gasteiger partial charge in [0.15, 0.2) is 5.78 Å². The van der Waals surface area contributed by atoms with Crippen molar-refractivity contribution in [3.8, 4) is 0 Å². The fraction of sp³-hybridized carbons (Fsp3) is 0.826. The lowest BCUT2D eigenvalue weighted by atomic mass is 9.44. The van der Waals surface area contributed by atoms with Crippen molar-refractivity contribution < 1.29 is 14.3 Å². The molecule has 0 heterocycles. The first-order valence-electron chi connectivity index (χ1n) is 10.6. The predicted octanol–water partition coefficient (Wildman–Crippen LogP) is 5.09. The van der Waals surface area contributed by atoms with Gasteiger partial charge in [0.1, 0.15) is 6.10 Å². The summed E-state index contributed by atoms with van der Waals surface area (Å²) in [6.07, 6.45) is 11.7. The molecule has 0 N–H and O–H groups in total. The molecule has 0 aromatic rings. The fourth-order valence-corrected chi connectivity index (χ4v) is 7.67. The van der Waals surface area contributed by atoms with Crippen molar-refractivity contribution >= 4 is 11.8 Å². The lowest BCUT2D eigenvalue weighted by molar-refractivity contribution is -0.159. The maximum absolute atomic E-state index is 12.2. The van der Waals surface area contributed by atoms with Crippen LogP contribution < -0.4 is 0 Å². The van der Waals surface area contributed by atoms with E-state index in [0.717, 1.165) is 36.7 Å². The Morgan fingerprint density at radius 1 is 1.04 bits per heavy atom. The molecule has 26 heavy (non-hydrogen) atoms. The predicted molar refractivity (Wildman–Crippen MR) is 101 cm³/mol. The zero-order valence-electron chi connectivity index (χ0n) is 16.8. The number of hydrogen-bond donors (Lipinski definition) is 0. The topological polar surface area (TPSA) is 43.4 Å². The first-order valence-corrected chi connectivity index (χ1v) is 10.6. The number of carbonyl (C=O) groups is 2. The molecule has 0 unspecified atom stereocenters. The molecule has 3 nitrogen and oxygen atoms in total. The third kappa shape index (κ3) is 2.60. The average Bonchev–Trinajstić information content (AvgIpc) is 2.92. The van der Waals surface area contributed by atoms with Gasteiger partial charge in [0.2, 0.25) is 0 Å². The summed E-state index contributed by atoms with van der Waals surface area (Å²) >= 11 is 0. The Hall–Kier alpha value is -1.12. The first kappa shape index (κ1) is 18.3. The van der Waals surface area contributed by atoms with E-state index < -0.39 is 0 Å². The van der Waals surface area contributed by atoms with Gasteiger partial charge in [-0.1, -0.05) is 19.9 Å². The van der Waals surface area contributed by atoms with Crippen LogP contribution in [0.2, 0.25) is 0 Å². The Balaban J connectivity index is 1.54. The molecule has 0 aromatic heterocycles. The maximum Gasteiger partial charge on any atom is 0.302 e. The van der Waals surface area contributed by atoms with Crippen LogP contribution in [-0.4, -0.2) is 17.9 Å². The number of rotatable bonds is 2. The van der Waals surface area contributed by atoms with Gasteiger partial charge in [-0.3, -0.25) is 9.59 Å². The van der Waals surface area contributed by atoms with Crippen LogP contribution in [0.3, 0.4) is 0 Å². The summed E-state index contributed by atoms with van der Waals surface area (Å²) in [5.41, 5.74) is 1.62. The second-order valence-corrected chi connectivity index (χ2v) is 10.0. The molecule has 4 aliphatic rings. The minimum Gasteiger partial charge on any atom is -0.463 e. The Morgan fingerprint density at radius 2 is 1.81 bits per heavy atom. The molecule has 0 radical (unpaired) electrons. The lowest BCUT2D eigenvalue weighted by Gasteiger charge is -2.60. The van der Waals surface area contributed by atoms with Crippen LogP contribution in [0.15, 0.2) is 11.6 Å². The van der Waals surface area contributed by atoms with Gasteiger partial charge >= 0.3 is 5.97 Å². The van der Waals surface area contributed by atoms with Crippen molar-refractivity contribution in [1.29, 1.82) is 0 Å². The van der Waals surface area contributed by atoms with Crippen LogP contribution in [0, 0.1) is 34.5 Å². The third-order valence-electron chi connectivity index (χ3n) is 8.91. The first-order chi connectivity index (χ1) is 12.3. The number of esters is 1. The lowest BCUT2D eigenvalue weighted by Crippen LogP contribution is -2.54. The molecule has 0 saturated heterocycles. The second kappa shape index (κ2) is 6.21. The summed E-state index contributed by atoms with van der Waals surface area (Å²) < 4.78 is 5.56. The van der Waals surface area contributed by atoms with Crippen LogP contribution in [0.25, 0.3) is 0 Å². The molecule has 3 fully saturated rings. The Morgan fingerprint density at radius 3 is 2.50 bits per heavy atom. The molecule has 3 saturated carbocycles.